The minimum Gasteiger partial charge on any atom is -0.497 e. The van der Waals surface area contributed by atoms with E-state index < -0.39 is 0 Å². The molecule has 0 saturated heterocycles. The maximum absolute atomic E-state index is 12.5. The Hall–Kier alpha value is -3.68. The Morgan fingerprint density at radius 2 is 1.56 bits per heavy atom. The molecule has 0 unspecified atom stereocenters. The molecule has 1 aromatic heterocycles. The van der Waals surface area contributed by atoms with Gasteiger partial charge in [0, 0.05) is 19.3 Å². The summed E-state index contributed by atoms with van der Waals surface area (Å²) in [6.45, 7) is 0.496. The summed E-state index contributed by atoms with van der Waals surface area (Å²) in [6, 6.07) is 11.2. The maximum atomic E-state index is 12.5. The molecule has 0 bridgehead atoms. The summed E-state index contributed by atoms with van der Waals surface area (Å²) < 4.78 is 20.4. The number of methoxy groups -OCH3 is 3. The molecule has 8 heteroatoms. The number of unbranched alkanes of at least 4 members (excludes halogenated alkanes) is 2. The lowest BCUT2D eigenvalue weighted by atomic mass is 10.1. The van der Waals surface area contributed by atoms with Crippen molar-refractivity contribution in [1.82, 2.24) is 4.98 Å². The van der Waals surface area contributed by atoms with Crippen LogP contribution in [0.5, 0.6) is 11.5 Å². The number of carbonyl (C=O) groups is 3. The number of allylic oxidation sites excluding steroid dienone is 1. The Labute approximate surface area is 212 Å². The molecule has 0 atom stereocenters. The third kappa shape index (κ3) is 10.3. The average molecular weight is 498 g/mol. The van der Waals surface area contributed by atoms with Gasteiger partial charge in [0.15, 0.2) is 5.78 Å². The molecule has 0 aliphatic rings. The summed E-state index contributed by atoms with van der Waals surface area (Å²) in [5.41, 5.74) is 1.95. The Kier molecular flexibility index (Phi) is 12.8. The molecule has 0 spiro atoms. The van der Waals surface area contributed by atoms with E-state index in [-0.39, 0.29) is 42.7 Å². The molecule has 0 N–H and O–H groups in total. The van der Waals surface area contributed by atoms with Crippen LogP contribution in [0.15, 0.2) is 42.5 Å². The zero-order valence-electron chi connectivity index (χ0n) is 21.3. The van der Waals surface area contributed by atoms with Gasteiger partial charge in [0.2, 0.25) is 0 Å². The maximum Gasteiger partial charge on any atom is 0.305 e. The number of hydrogen-bond acceptors (Lipinski definition) is 8. The summed E-state index contributed by atoms with van der Waals surface area (Å²) in [7, 11) is 4.30. The molecule has 2 rings (SSSR count). The predicted octanol–water partition coefficient (Wildman–Crippen LogP) is 4.98. The SMILES string of the molecule is COC(=O)CCCC(=O)c1ccc(OCCCCC=Cc2ccc(OC)cc2)c(CCC(=O)OC)n1. The van der Waals surface area contributed by atoms with E-state index in [1.807, 2.05) is 24.3 Å². The highest BCUT2D eigenvalue weighted by Crippen LogP contribution is 2.21. The summed E-state index contributed by atoms with van der Waals surface area (Å²) in [6.07, 6.45) is 8.11. The monoisotopic (exact) mass is 497 g/mol. The van der Waals surface area contributed by atoms with Crippen LogP contribution in [0.1, 0.15) is 66.7 Å². The topological polar surface area (TPSA) is 101 Å². The van der Waals surface area contributed by atoms with Crippen LogP contribution in [0, 0.1) is 0 Å². The minimum atomic E-state index is -0.360. The van der Waals surface area contributed by atoms with E-state index in [1.54, 1.807) is 19.2 Å². The third-order valence-electron chi connectivity index (χ3n) is 5.47. The average Bonchev–Trinajstić information content (AvgIpc) is 2.91. The van der Waals surface area contributed by atoms with Gasteiger partial charge >= 0.3 is 11.9 Å². The van der Waals surface area contributed by atoms with E-state index in [2.05, 4.69) is 21.9 Å². The van der Waals surface area contributed by atoms with Gasteiger partial charge in [-0.1, -0.05) is 24.3 Å². The first-order chi connectivity index (χ1) is 17.5. The fourth-order valence-electron chi connectivity index (χ4n) is 3.38. The Bertz CT molecular complexity index is 1020. The number of nitrogens with zero attached hydrogens (tertiary/aromatic N) is 1. The van der Waals surface area contributed by atoms with E-state index in [0.717, 1.165) is 30.6 Å². The second-order valence-electron chi connectivity index (χ2n) is 8.09. The standard InChI is InChI=1S/C28H35NO7/c1-33-22-14-12-21(13-15-22)9-6-4-5-7-20-36-26-18-16-23(25(30)10-8-11-27(31)34-2)29-24(26)17-19-28(32)35-3/h6,9,12-16,18H,4-5,7-8,10-11,17,19-20H2,1-3H3. The van der Waals surface area contributed by atoms with Crippen LogP contribution in [-0.4, -0.2) is 50.6 Å². The first-order valence-corrected chi connectivity index (χ1v) is 12.1. The van der Waals surface area contributed by atoms with E-state index in [4.69, 9.17) is 14.2 Å². The molecule has 0 fully saturated rings. The van der Waals surface area contributed by atoms with Crippen molar-refractivity contribution >= 4 is 23.8 Å². The first kappa shape index (κ1) is 28.6. The van der Waals surface area contributed by atoms with Gasteiger partial charge in [0.25, 0.3) is 0 Å². The molecule has 2 aromatic rings. The van der Waals surface area contributed by atoms with Crippen LogP contribution in [0.3, 0.4) is 0 Å². The molecule has 0 aliphatic carbocycles. The predicted molar refractivity (Wildman–Crippen MR) is 136 cm³/mol. The lowest BCUT2D eigenvalue weighted by Crippen LogP contribution is -2.10. The van der Waals surface area contributed by atoms with E-state index in [9.17, 15) is 14.4 Å². The fourth-order valence-corrected chi connectivity index (χ4v) is 3.38. The van der Waals surface area contributed by atoms with Crippen LogP contribution in [0.2, 0.25) is 0 Å². The summed E-state index contributed by atoms with van der Waals surface area (Å²) >= 11 is 0. The van der Waals surface area contributed by atoms with Gasteiger partial charge in [-0.25, -0.2) is 4.98 Å². The molecule has 194 valence electrons. The zero-order chi connectivity index (χ0) is 26.2. The fraction of sp³-hybridized carbons (Fsp3) is 0.429. The lowest BCUT2D eigenvalue weighted by Gasteiger charge is -2.12. The largest absolute Gasteiger partial charge is 0.497 e. The Balaban J connectivity index is 1.87. The number of aromatic nitrogens is 1. The number of carbonyl (C=O) groups excluding carboxylic acids is 3. The molecule has 0 amide bonds. The van der Waals surface area contributed by atoms with Crippen molar-refractivity contribution in [3.05, 3.63) is 59.4 Å². The van der Waals surface area contributed by atoms with Gasteiger partial charge in [0.05, 0.1) is 40.1 Å². The second-order valence-corrected chi connectivity index (χ2v) is 8.09. The number of benzene rings is 1. The molecular formula is C28H35NO7. The van der Waals surface area contributed by atoms with Crippen LogP contribution in [-0.2, 0) is 25.5 Å². The highest BCUT2D eigenvalue weighted by molar-refractivity contribution is 5.94. The summed E-state index contributed by atoms with van der Waals surface area (Å²) in [4.78, 5) is 39.8. The van der Waals surface area contributed by atoms with Gasteiger partial charge in [-0.15, -0.1) is 0 Å². The van der Waals surface area contributed by atoms with Crippen LogP contribution < -0.4 is 9.47 Å². The number of rotatable bonds is 16. The number of ketones is 1. The van der Waals surface area contributed by atoms with Crippen LogP contribution in [0.25, 0.3) is 6.08 Å². The Morgan fingerprint density at radius 3 is 2.25 bits per heavy atom. The van der Waals surface area contributed by atoms with E-state index in [1.165, 1.54) is 14.2 Å². The first-order valence-electron chi connectivity index (χ1n) is 12.1. The highest BCUT2D eigenvalue weighted by Gasteiger charge is 2.15. The van der Waals surface area contributed by atoms with Crippen LogP contribution in [0.4, 0.5) is 0 Å². The quantitative estimate of drug-likeness (QED) is 0.182. The molecule has 8 nitrogen and oxygen atoms in total. The van der Waals surface area contributed by atoms with Gasteiger partial charge in [-0.2, -0.15) is 0 Å². The lowest BCUT2D eigenvalue weighted by molar-refractivity contribution is -0.141. The molecule has 1 heterocycles. The summed E-state index contributed by atoms with van der Waals surface area (Å²) in [5, 5.41) is 0. The van der Waals surface area contributed by atoms with Crippen LogP contribution >= 0.6 is 0 Å². The zero-order valence-corrected chi connectivity index (χ0v) is 21.3. The molecular weight excluding hydrogens is 462 g/mol. The Morgan fingerprint density at radius 1 is 0.833 bits per heavy atom. The van der Waals surface area contributed by atoms with Crippen molar-refractivity contribution in [3.8, 4) is 11.5 Å². The molecule has 0 aliphatic heterocycles. The van der Waals surface area contributed by atoms with Crippen molar-refractivity contribution in [2.45, 2.75) is 51.4 Å². The van der Waals surface area contributed by atoms with Gasteiger partial charge in [-0.3, -0.25) is 14.4 Å². The normalized spacial score (nSPS) is 10.8. The van der Waals surface area contributed by atoms with Gasteiger partial charge in [0.1, 0.15) is 17.2 Å². The molecule has 0 radical (unpaired) electrons. The van der Waals surface area contributed by atoms with Gasteiger partial charge in [-0.05, 0) is 55.5 Å². The summed E-state index contributed by atoms with van der Waals surface area (Å²) in [5.74, 6) is 0.503. The number of aryl methyl sites for hydroxylation is 1. The number of Topliss-reactive ketones (excluding diaryl/α,β-unsaturated/α-hetero) is 1. The smallest absolute Gasteiger partial charge is 0.305 e. The molecule has 0 saturated carbocycles. The second kappa shape index (κ2) is 16.1. The third-order valence-corrected chi connectivity index (χ3v) is 5.47. The van der Waals surface area contributed by atoms with Crippen molar-refractivity contribution in [1.29, 1.82) is 0 Å². The van der Waals surface area contributed by atoms with E-state index in [0.29, 0.717) is 30.9 Å². The number of hydrogen-bond donors (Lipinski definition) is 0. The number of ether oxygens (including phenoxy) is 4. The van der Waals surface area contributed by atoms with Crippen molar-refractivity contribution in [2.24, 2.45) is 0 Å². The number of pyridine rings is 1. The number of esters is 2. The highest BCUT2D eigenvalue weighted by atomic mass is 16.5. The van der Waals surface area contributed by atoms with Crippen molar-refractivity contribution < 1.29 is 33.3 Å². The van der Waals surface area contributed by atoms with Crippen molar-refractivity contribution in [2.75, 3.05) is 27.9 Å². The molecule has 36 heavy (non-hydrogen) atoms. The van der Waals surface area contributed by atoms with Crippen molar-refractivity contribution in [3.63, 3.8) is 0 Å². The van der Waals surface area contributed by atoms with E-state index >= 15 is 0 Å². The molecule has 1 aromatic carbocycles. The minimum absolute atomic E-state index is 0.135. The van der Waals surface area contributed by atoms with Gasteiger partial charge < -0.3 is 18.9 Å².